The van der Waals surface area contributed by atoms with Gasteiger partial charge in [-0.25, -0.2) is 0 Å². The van der Waals surface area contributed by atoms with Crippen LogP contribution in [0.3, 0.4) is 0 Å². The standard InChI is InChI=1S/C11H8N2OS/c1-15-11(14)10(7-13)9-5-3-2-4-8(9)6-12/h2-5,10H,1H3. The first-order chi connectivity index (χ1) is 7.24. The molecule has 0 radical (unpaired) electrons. The molecule has 0 aliphatic heterocycles. The smallest absolute Gasteiger partial charge is 0.210 e. The molecule has 0 amide bonds. The van der Waals surface area contributed by atoms with E-state index in [1.165, 1.54) is 0 Å². The van der Waals surface area contributed by atoms with Crippen molar-refractivity contribution in [1.82, 2.24) is 0 Å². The van der Waals surface area contributed by atoms with Gasteiger partial charge in [0.25, 0.3) is 0 Å². The number of benzene rings is 1. The van der Waals surface area contributed by atoms with Crippen LogP contribution in [0.2, 0.25) is 0 Å². The van der Waals surface area contributed by atoms with Crippen molar-refractivity contribution >= 4 is 16.9 Å². The highest BCUT2D eigenvalue weighted by atomic mass is 32.2. The highest BCUT2D eigenvalue weighted by Crippen LogP contribution is 2.23. The molecule has 0 spiro atoms. The fourth-order valence-corrected chi connectivity index (χ4v) is 1.63. The largest absolute Gasteiger partial charge is 0.285 e. The molecule has 3 nitrogen and oxygen atoms in total. The lowest BCUT2D eigenvalue weighted by atomic mass is 9.97. The van der Waals surface area contributed by atoms with Crippen LogP contribution in [0.15, 0.2) is 24.3 Å². The van der Waals surface area contributed by atoms with Crippen LogP contribution in [0.25, 0.3) is 0 Å². The second-order valence-electron chi connectivity index (χ2n) is 2.78. The quantitative estimate of drug-likeness (QED) is 0.759. The molecule has 4 heteroatoms. The summed E-state index contributed by atoms with van der Waals surface area (Å²) in [5.74, 6) is -0.851. The van der Waals surface area contributed by atoms with Crippen LogP contribution < -0.4 is 0 Å². The Morgan fingerprint density at radius 1 is 1.40 bits per heavy atom. The third-order valence-electron chi connectivity index (χ3n) is 1.96. The second kappa shape index (κ2) is 5.19. The molecule has 1 aromatic carbocycles. The topological polar surface area (TPSA) is 64.7 Å². The molecule has 0 aliphatic rings. The van der Waals surface area contributed by atoms with E-state index >= 15 is 0 Å². The maximum absolute atomic E-state index is 11.4. The number of rotatable bonds is 2. The molecule has 1 atom stereocenters. The summed E-state index contributed by atoms with van der Waals surface area (Å²) in [5, 5.41) is 17.5. The maximum atomic E-state index is 11.4. The highest BCUT2D eigenvalue weighted by molar-refractivity contribution is 8.13. The number of carbonyl (C=O) groups is 1. The zero-order valence-corrected chi connectivity index (χ0v) is 8.91. The minimum absolute atomic E-state index is 0.236. The predicted molar refractivity (Wildman–Crippen MR) is 58.0 cm³/mol. The molecule has 0 bridgehead atoms. The van der Waals surface area contributed by atoms with Crippen LogP contribution in [0.1, 0.15) is 17.0 Å². The van der Waals surface area contributed by atoms with Crippen molar-refractivity contribution in [2.75, 3.05) is 6.26 Å². The Balaban J connectivity index is 3.20. The van der Waals surface area contributed by atoms with Gasteiger partial charge < -0.3 is 0 Å². The molecule has 0 aromatic heterocycles. The lowest BCUT2D eigenvalue weighted by Crippen LogP contribution is -2.08. The summed E-state index contributed by atoms with van der Waals surface area (Å²) in [4.78, 5) is 11.4. The predicted octanol–water partition coefficient (Wildman–Crippen LogP) is 2.06. The van der Waals surface area contributed by atoms with E-state index in [2.05, 4.69) is 0 Å². The molecule has 0 heterocycles. The van der Waals surface area contributed by atoms with Crippen molar-refractivity contribution < 1.29 is 4.79 Å². The number of hydrogen-bond donors (Lipinski definition) is 0. The third kappa shape index (κ3) is 2.37. The van der Waals surface area contributed by atoms with Crippen LogP contribution >= 0.6 is 11.8 Å². The van der Waals surface area contributed by atoms with E-state index in [4.69, 9.17) is 10.5 Å². The number of nitriles is 2. The molecule has 1 rings (SSSR count). The average molecular weight is 216 g/mol. The van der Waals surface area contributed by atoms with Crippen LogP contribution in [-0.2, 0) is 4.79 Å². The first-order valence-corrected chi connectivity index (χ1v) is 5.43. The van der Waals surface area contributed by atoms with Crippen LogP contribution in [-0.4, -0.2) is 11.4 Å². The monoisotopic (exact) mass is 216 g/mol. The Kier molecular flexibility index (Phi) is 3.91. The molecule has 0 aliphatic carbocycles. The summed E-state index contributed by atoms with van der Waals surface area (Å²) in [6.45, 7) is 0. The van der Waals surface area contributed by atoms with E-state index in [1.54, 1.807) is 30.5 Å². The molecule has 15 heavy (non-hydrogen) atoms. The Labute approximate surface area is 92.3 Å². The lowest BCUT2D eigenvalue weighted by Gasteiger charge is -2.07. The zero-order chi connectivity index (χ0) is 11.3. The van der Waals surface area contributed by atoms with Crippen LogP contribution in [0.4, 0.5) is 0 Å². The fraction of sp³-hybridized carbons (Fsp3) is 0.182. The normalized spacial score (nSPS) is 11.1. The van der Waals surface area contributed by atoms with Gasteiger partial charge in [0.2, 0.25) is 5.12 Å². The van der Waals surface area contributed by atoms with Gasteiger partial charge in [0, 0.05) is 0 Å². The van der Waals surface area contributed by atoms with Crippen LogP contribution in [0.5, 0.6) is 0 Å². The van der Waals surface area contributed by atoms with Gasteiger partial charge in [-0.2, -0.15) is 10.5 Å². The van der Waals surface area contributed by atoms with Gasteiger partial charge in [-0.3, -0.25) is 4.79 Å². The van der Waals surface area contributed by atoms with Crippen molar-refractivity contribution in [3.05, 3.63) is 35.4 Å². The van der Waals surface area contributed by atoms with E-state index in [0.717, 1.165) is 11.8 Å². The molecular weight excluding hydrogens is 208 g/mol. The highest BCUT2D eigenvalue weighted by Gasteiger charge is 2.21. The first-order valence-electron chi connectivity index (χ1n) is 4.21. The minimum Gasteiger partial charge on any atom is -0.285 e. The number of nitrogens with zero attached hydrogens (tertiary/aromatic N) is 2. The van der Waals surface area contributed by atoms with E-state index in [0.29, 0.717) is 11.1 Å². The zero-order valence-electron chi connectivity index (χ0n) is 8.10. The molecule has 0 fully saturated rings. The van der Waals surface area contributed by atoms with Crippen LogP contribution in [0, 0.1) is 22.7 Å². The third-order valence-corrected chi connectivity index (χ3v) is 2.60. The van der Waals surface area contributed by atoms with Gasteiger partial charge in [-0.1, -0.05) is 30.0 Å². The summed E-state index contributed by atoms with van der Waals surface area (Å²) in [5.41, 5.74) is 0.869. The maximum Gasteiger partial charge on any atom is 0.210 e. The summed E-state index contributed by atoms with van der Waals surface area (Å²) in [7, 11) is 0. The Bertz CT molecular complexity index is 456. The summed E-state index contributed by atoms with van der Waals surface area (Å²) in [6.07, 6.45) is 1.63. The number of carbonyl (C=O) groups excluding carboxylic acids is 1. The molecule has 0 saturated heterocycles. The van der Waals surface area contributed by atoms with Gasteiger partial charge >= 0.3 is 0 Å². The molecule has 0 N–H and O–H groups in total. The van der Waals surface area contributed by atoms with Crippen molar-refractivity contribution in [1.29, 1.82) is 10.5 Å². The fourth-order valence-electron chi connectivity index (χ4n) is 1.22. The van der Waals surface area contributed by atoms with Gasteiger partial charge in [0.15, 0.2) is 0 Å². The SMILES string of the molecule is CSC(=O)C(C#N)c1ccccc1C#N. The van der Waals surface area contributed by atoms with E-state index in [-0.39, 0.29) is 5.12 Å². The summed E-state index contributed by atoms with van der Waals surface area (Å²) >= 11 is 1.00. The van der Waals surface area contributed by atoms with E-state index in [9.17, 15) is 4.79 Å². The minimum atomic E-state index is -0.851. The van der Waals surface area contributed by atoms with Gasteiger partial charge in [-0.15, -0.1) is 0 Å². The molecule has 74 valence electrons. The van der Waals surface area contributed by atoms with Gasteiger partial charge in [0.1, 0.15) is 5.92 Å². The Hall–Kier alpha value is -1.78. The van der Waals surface area contributed by atoms with E-state index in [1.807, 2.05) is 12.1 Å². The second-order valence-corrected chi connectivity index (χ2v) is 3.59. The summed E-state index contributed by atoms with van der Waals surface area (Å²) in [6, 6.07) is 10.6. The summed E-state index contributed by atoms with van der Waals surface area (Å²) < 4.78 is 0. The van der Waals surface area contributed by atoms with Gasteiger partial charge in [-0.05, 0) is 17.9 Å². The van der Waals surface area contributed by atoms with Crippen molar-refractivity contribution in [3.8, 4) is 12.1 Å². The lowest BCUT2D eigenvalue weighted by molar-refractivity contribution is -0.111. The average Bonchev–Trinajstić information content (AvgIpc) is 2.30. The number of hydrogen-bond acceptors (Lipinski definition) is 4. The molecular formula is C11H8N2OS. The molecule has 1 unspecified atom stereocenters. The van der Waals surface area contributed by atoms with E-state index < -0.39 is 5.92 Å². The van der Waals surface area contributed by atoms with Crippen molar-refractivity contribution in [2.45, 2.75) is 5.92 Å². The number of thioether (sulfide) groups is 1. The van der Waals surface area contributed by atoms with Crippen molar-refractivity contribution in [2.24, 2.45) is 0 Å². The Morgan fingerprint density at radius 3 is 2.60 bits per heavy atom. The molecule has 0 saturated carbocycles. The van der Waals surface area contributed by atoms with Gasteiger partial charge in [0.05, 0.1) is 17.7 Å². The molecule has 1 aromatic rings. The Morgan fingerprint density at radius 2 is 2.07 bits per heavy atom. The first kappa shape index (κ1) is 11.3. The van der Waals surface area contributed by atoms with Crippen molar-refractivity contribution in [3.63, 3.8) is 0 Å².